The van der Waals surface area contributed by atoms with Gasteiger partial charge < -0.3 is 24.8 Å². The first-order chi connectivity index (χ1) is 23.2. The minimum atomic E-state index is -0.711. The zero-order valence-electron chi connectivity index (χ0n) is 26.0. The molecular formula is C34H30N8O6. The van der Waals surface area contributed by atoms with Crippen molar-refractivity contribution < 1.29 is 24.0 Å². The molecule has 14 heteroatoms. The number of ether oxygens (including phenoxy) is 1. The minimum Gasteiger partial charge on any atom is -0.494 e. The highest BCUT2D eigenvalue weighted by molar-refractivity contribution is 6.05. The number of piperidine rings is 1. The van der Waals surface area contributed by atoms with E-state index in [4.69, 9.17) is 4.74 Å². The third-order valence-corrected chi connectivity index (χ3v) is 8.66. The number of hydrogen-bond donors (Lipinski definition) is 3. The fourth-order valence-electron chi connectivity index (χ4n) is 6.30. The van der Waals surface area contributed by atoms with Crippen LogP contribution in [0.25, 0.3) is 22.2 Å². The molecule has 48 heavy (non-hydrogen) atoms. The zero-order chi connectivity index (χ0) is 33.5. The Morgan fingerprint density at radius 3 is 2.69 bits per heavy atom. The van der Waals surface area contributed by atoms with E-state index in [1.54, 1.807) is 24.4 Å². The molecule has 0 spiro atoms. The van der Waals surface area contributed by atoms with Crippen LogP contribution < -0.4 is 20.7 Å². The van der Waals surface area contributed by atoms with Crippen molar-refractivity contribution in [1.29, 1.82) is 0 Å². The van der Waals surface area contributed by atoms with Crippen molar-refractivity contribution in [3.63, 3.8) is 0 Å². The summed E-state index contributed by atoms with van der Waals surface area (Å²) >= 11 is 0. The molecule has 0 aliphatic carbocycles. The second kappa shape index (κ2) is 12.1. The van der Waals surface area contributed by atoms with Crippen LogP contribution in [0.3, 0.4) is 0 Å². The van der Waals surface area contributed by atoms with E-state index >= 15 is 0 Å². The Kier molecular flexibility index (Phi) is 7.67. The van der Waals surface area contributed by atoms with Gasteiger partial charge in [-0.1, -0.05) is 30.3 Å². The Morgan fingerprint density at radius 1 is 1.06 bits per heavy atom. The molecule has 1 unspecified atom stereocenters. The minimum absolute atomic E-state index is 0.173. The molecule has 1 fully saturated rings. The van der Waals surface area contributed by atoms with E-state index in [0.717, 1.165) is 27.6 Å². The van der Waals surface area contributed by atoms with E-state index in [2.05, 4.69) is 25.9 Å². The Hall–Kier alpha value is -6.31. The molecule has 3 aromatic carbocycles. The van der Waals surface area contributed by atoms with E-state index in [0.29, 0.717) is 22.7 Å². The molecule has 2 aliphatic heterocycles. The van der Waals surface area contributed by atoms with Gasteiger partial charge in [0.2, 0.25) is 17.8 Å². The van der Waals surface area contributed by atoms with Crippen molar-refractivity contribution in [2.45, 2.75) is 32.0 Å². The van der Waals surface area contributed by atoms with Crippen LogP contribution >= 0.6 is 0 Å². The molecule has 242 valence electrons. The topological polar surface area (TPSA) is 174 Å². The summed E-state index contributed by atoms with van der Waals surface area (Å²) in [6.07, 6.45) is 4.07. The molecule has 0 radical (unpaired) electrons. The smallest absolute Gasteiger partial charge is 0.294 e. The second-order valence-corrected chi connectivity index (χ2v) is 11.6. The zero-order valence-corrected chi connectivity index (χ0v) is 26.0. The fourth-order valence-corrected chi connectivity index (χ4v) is 6.30. The highest BCUT2D eigenvalue weighted by atomic mass is 16.6. The highest BCUT2D eigenvalue weighted by Crippen LogP contribution is 2.38. The van der Waals surface area contributed by atoms with Gasteiger partial charge >= 0.3 is 0 Å². The number of nitrogens with one attached hydrogen (secondary N) is 3. The third-order valence-electron chi connectivity index (χ3n) is 8.66. The number of aryl methyl sites for hydroxylation is 1. The van der Waals surface area contributed by atoms with Gasteiger partial charge in [-0.3, -0.25) is 29.8 Å². The number of carbonyl (C=O) groups excluding carboxylic acids is 3. The summed E-state index contributed by atoms with van der Waals surface area (Å²) in [7, 11) is 3.43. The van der Waals surface area contributed by atoms with Crippen LogP contribution in [0.15, 0.2) is 73.1 Å². The first-order valence-electron chi connectivity index (χ1n) is 15.2. The average Bonchev–Trinajstić information content (AvgIpc) is 3.59. The van der Waals surface area contributed by atoms with Crippen LogP contribution in [0.5, 0.6) is 5.75 Å². The lowest BCUT2D eigenvalue weighted by Crippen LogP contribution is -2.52. The Balaban J connectivity index is 1.10. The number of nitro groups is 1. The number of anilines is 3. The number of carbonyl (C=O) groups is 3. The van der Waals surface area contributed by atoms with Gasteiger partial charge in [0, 0.05) is 73.1 Å². The maximum atomic E-state index is 13.1. The van der Waals surface area contributed by atoms with Crippen molar-refractivity contribution in [3.05, 3.63) is 99.9 Å². The molecule has 2 aromatic heterocycles. The summed E-state index contributed by atoms with van der Waals surface area (Å²) in [6.45, 7) is 0.444. The lowest BCUT2D eigenvalue weighted by molar-refractivity contribution is -0.383. The molecule has 3 amide bonds. The summed E-state index contributed by atoms with van der Waals surface area (Å²) in [5.74, 6) is -0.510. The number of methoxy groups -OCH3 is 1. The molecule has 7 rings (SSSR count). The van der Waals surface area contributed by atoms with Gasteiger partial charge in [0.05, 0.1) is 23.4 Å². The lowest BCUT2D eigenvalue weighted by Gasteiger charge is -2.29. The molecule has 2 aliphatic rings. The van der Waals surface area contributed by atoms with E-state index < -0.39 is 16.9 Å². The summed E-state index contributed by atoms with van der Waals surface area (Å²) in [5, 5.41) is 21.7. The van der Waals surface area contributed by atoms with Crippen LogP contribution in [0.2, 0.25) is 0 Å². The van der Waals surface area contributed by atoms with Crippen LogP contribution in [-0.4, -0.2) is 55.2 Å². The lowest BCUT2D eigenvalue weighted by atomic mass is 10.0. The van der Waals surface area contributed by atoms with Gasteiger partial charge in [0.1, 0.15) is 17.5 Å². The maximum Gasteiger partial charge on any atom is 0.294 e. The summed E-state index contributed by atoms with van der Waals surface area (Å²) in [6, 6.07) is 17.3. The Labute approximate surface area is 273 Å². The number of imide groups is 1. The van der Waals surface area contributed by atoms with Gasteiger partial charge in [-0.2, -0.15) is 0 Å². The Morgan fingerprint density at radius 2 is 1.90 bits per heavy atom. The van der Waals surface area contributed by atoms with Crippen molar-refractivity contribution >= 4 is 51.6 Å². The SMILES string of the molecule is COc1cc(NCc2ccc3c(c2)CN(C2CCC(=O)NC2=O)C3=O)c([N+](=O)[O-])cc1Nc1nccc(-c2cn(C)c3ccccc23)n1. The van der Waals surface area contributed by atoms with Crippen molar-refractivity contribution in [2.75, 3.05) is 17.7 Å². The Bertz CT molecular complexity index is 2140. The number of hydrogen-bond acceptors (Lipinski definition) is 10. The van der Waals surface area contributed by atoms with Gasteiger partial charge in [0.15, 0.2) is 0 Å². The summed E-state index contributed by atoms with van der Waals surface area (Å²) < 4.78 is 7.62. The van der Waals surface area contributed by atoms with Gasteiger partial charge in [-0.05, 0) is 35.7 Å². The number of aromatic nitrogens is 3. The average molecular weight is 647 g/mol. The monoisotopic (exact) mass is 646 g/mol. The van der Waals surface area contributed by atoms with Crippen molar-refractivity contribution in [1.82, 2.24) is 24.8 Å². The van der Waals surface area contributed by atoms with Gasteiger partial charge in [0.25, 0.3) is 11.6 Å². The molecule has 0 saturated carbocycles. The molecule has 4 heterocycles. The fraction of sp³-hybridized carbons (Fsp3) is 0.206. The van der Waals surface area contributed by atoms with Crippen LogP contribution in [0.4, 0.5) is 23.0 Å². The summed E-state index contributed by atoms with van der Waals surface area (Å²) in [4.78, 5) is 59.2. The highest BCUT2D eigenvalue weighted by Gasteiger charge is 2.39. The molecular weight excluding hydrogens is 616 g/mol. The predicted octanol–water partition coefficient (Wildman–Crippen LogP) is 4.67. The van der Waals surface area contributed by atoms with Crippen molar-refractivity contribution in [2.24, 2.45) is 7.05 Å². The van der Waals surface area contributed by atoms with Crippen LogP contribution in [0, 0.1) is 10.1 Å². The standard InChI is InChI=1S/C34H30N8O6/c1-40-18-23(22-5-3-4-6-27(22)40)24-11-12-35-34(37-24)38-26-14-29(42(46)47)25(15-30(26)48-2)36-16-19-7-8-21-20(13-19)17-41(33(21)45)28-9-10-31(43)39-32(28)44/h3-8,11-15,18,28,36H,9-10,16-17H2,1-2H3,(H,35,37,38)(H,39,43,44). The van der Waals surface area contributed by atoms with Crippen LogP contribution in [-0.2, 0) is 29.7 Å². The first-order valence-corrected chi connectivity index (χ1v) is 15.2. The molecule has 5 aromatic rings. The third kappa shape index (κ3) is 5.53. The first kappa shape index (κ1) is 30.3. The molecule has 14 nitrogen and oxygen atoms in total. The summed E-state index contributed by atoms with van der Waals surface area (Å²) in [5.41, 5.74) is 5.03. The number of fused-ring (bicyclic) bond motifs is 2. The molecule has 1 saturated heterocycles. The quantitative estimate of drug-likeness (QED) is 0.116. The van der Waals surface area contributed by atoms with Gasteiger partial charge in [-0.25, -0.2) is 9.97 Å². The molecule has 0 bridgehead atoms. The molecule has 3 N–H and O–H groups in total. The number of para-hydroxylation sites is 1. The normalized spacial score (nSPS) is 15.8. The maximum absolute atomic E-state index is 13.1. The van der Waals surface area contributed by atoms with E-state index in [1.807, 2.05) is 48.1 Å². The number of nitro benzene ring substituents is 1. The van der Waals surface area contributed by atoms with E-state index in [1.165, 1.54) is 24.1 Å². The number of nitrogens with zero attached hydrogens (tertiary/aromatic N) is 5. The van der Waals surface area contributed by atoms with Crippen LogP contribution in [0.1, 0.15) is 34.3 Å². The van der Waals surface area contributed by atoms with E-state index in [-0.39, 0.29) is 55.1 Å². The van der Waals surface area contributed by atoms with Crippen molar-refractivity contribution in [3.8, 4) is 17.0 Å². The largest absolute Gasteiger partial charge is 0.494 e. The second-order valence-electron chi connectivity index (χ2n) is 11.6. The number of amides is 3. The van der Waals surface area contributed by atoms with E-state index in [9.17, 15) is 24.5 Å². The molecule has 1 atom stereocenters. The van der Waals surface area contributed by atoms with Gasteiger partial charge in [-0.15, -0.1) is 0 Å². The predicted molar refractivity (Wildman–Crippen MR) is 177 cm³/mol. The number of rotatable bonds is 9. The number of benzene rings is 3.